The highest BCUT2D eigenvalue weighted by Gasteiger charge is 2.14. The van der Waals surface area contributed by atoms with Gasteiger partial charge in [-0.1, -0.05) is 0 Å². The van der Waals surface area contributed by atoms with E-state index < -0.39 is 19.2 Å². The number of carbonyl (C=O) groups is 2. The Hall–Kier alpha value is -0.990. The number of hydroxylamine groups is 3. The van der Waals surface area contributed by atoms with E-state index in [0.717, 1.165) is 6.66 Å². The first-order valence-electron chi connectivity index (χ1n) is 4.68. The smallest absolute Gasteiger partial charge is 0.259 e. The third kappa shape index (κ3) is 8.78. The van der Waals surface area contributed by atoms with Gasteiger partial charge in [0.1, 0.15) is 0 Å². The molecule has 0 aromatic heterocycles. The predicted molar refractivity (Wildman–Crippen MR) is 56.7 cm³/mol. The number of hydrogen-bond acceptors (Lipinski definition) is 6. The van der Waals surface area contributed by atoms with Crippen LogP contribution in [0, 0.1) is 0 Å². The number of rotatable bonds is 7. The van der Waals surface area contributed by atoms with Crippen molar-refractivity contribution < 1.29 is 29.5 Å². The second kappa shape index (κ2) is 7.36. The lowest BCUT2D eigenvalue weighted by atomic mass is 10.4. The van der Waals surface area contributed by atoms with Crippen LogP contribution < -0.4 is 10.8 Å². The maximum absolute atomic E-state index is 11.2. The van der Waals surface area contributed by atoms with Crippen molar-refractivity contribution >= 4 is 19.2 Å². The van der Waals surface area contributed by atoms with Crippen LogP contribution in [0.1, 0.15) is 6.42 Å². The molecule has 0 radical (unpaired) electrons. The van der Waals surface area contributed by atoms with Gasteiger partial charge in [-0.3, -0.25) is 29.9 Å². The highest BCUT2D eigenvalue weighted by molar-refractivity contribution is 7.57. The summed E-state index contributed by atoms with van der Waals surface area (Å²) in [6.07, 6.45) is -0.505. The number of amides is 2. The van der Waals surface area contributed by atoms with Crippen molar-refractivity contribution in [3.8, 4) is 0 Å². The lowest BCUT2D eigenvalue weighted by molar-refractivity contribution is -0.165. The molecule has 0 aliphatic heterocycles. The molecular formula is C7H16N3O6P. The molecule has 1 atom stereocenters. The van der Waals surface area contributed by atoms with Crippen LogP contribution in [0.5, 0.6) is 0 Å². The van der Waals surface area contributed by atoms with Gasteiger partial charge in [0.25, 0.3) is 5.91 Å². The number of hydrogen-bond donors (Lipinski definition) is 5. The summed E-state index contributed by atoms with van der Waals surface area (Å²) in [7, 11) is -3.25. The fourth-order valence-corrected chi connectivity index (χ4v) is 1.38. The molecule has 0 aliphatic rings. The molecule has 0 heterocycles. The minimum absolute atomic E-state index is 0.246. The highest BCUT2D eigenvalue weighted by Crippen LogP contribution is 2.32. The Morgan fingerprint density at radius 3 is 2.47 bits per heavy atom. The van der Waals surface area contributed by atoms with Crippen molar-refractivity contribution in [1.82, 2.24) is 15.9 Å². The van der Waals surface area contributed by atoms with E-state index in [-0.39, 0.29) is 25.8 Å². The predicted octanol–water partition coefficient (Wildman–Crippen LogP) is -1.45. The highest BCUT2D eigenvalue weighted by atomic mass is 31.2. The van der Waals surface area contributed by atoms with Gasteiger partial charge >= 0.3 is 0 Å². The summed E-state index contributed by atoms with van der Waals surface area (Å²) in [5.74, 6) is -1.48. The molecule has 0 saturated heterocycles. The molecule has 10 heteroatoms. The topological polar surface area (TPSA) is 139 Å². The van der Waals surface area contributed by atoms with Gasteiger partial charge in [0.2, 0.25) is 13.3 Å². The van der Waals surface area contributed by atoms with E-state index in [9.17, 15) is 14.2 Å². The first-order valence-corrected chi connectivity index (χ1v) is 6.97. The first-order chi connectivity index (χ1) is 7.76. The number of carbonyl (C=O) groups excluding carboxylic acids is 2. The lowest BCUT2D eigenvalue weighted by Gasteiger charge is -2.15. The molecule has 0 aromatic carbocycles. The van der Waals surface area contributed by atoms with Crippen LogP contribution in [0.2, 0.25) is 0 Å². The number of nitrogens with zero attached hydrogens (tertiary/aromatic N) is 1. The molecule has 100 valence electrons. The fourth-order valence-electron chi connectivity index (χ4n) is 0.850. The van der Waals surface area contributed by atoms with Gasteiger partial charge in [0, 0.05) is 13.1 Å². The summed E-state index contributed by atoms with van der Waals surface area (Å²) in [5, 5.41) is 20.0. The van der Waals surface area contributed by atoms with Crippen molar-refractivity contribution in [3.05, 3.63) is 0 Å². The van der Waals surface area contributed by atoms with Crippen LogP contribution in [0.3, 0.4) is 0 Å². The molecule has 5 N–H and O–H groups in total. The molecule has 0 fully saturated rings. The van der Waals surface area contributed by atoms with E-state index in [1.54, 1.807) is 0 Å². The monoisotopic (exact) mass is 269 g/mol. The molecular weight excluding hydrogens is 253 g/mol. The minimum Gasteiger partial charge on any atom is -0.344 e. The van der Waals surface area contributed by atoms with Gasteiger partial charge in [-0.15, -0.1) is 0 Å². The van der Waals surface area contributed by atoms with E-state index in [1.165, 1.54) is 5.48 Å². The van der Waals surface area contributed by atoms with E-state index in [0.29, 0.717) is 5.06 Å². The molecule has 0 spiro atoms. The normalized spacial score (nSPS) is 13.9. The van der Waals surface area contributed by atoms with Crippen LogP contribution in [-0.2, 0) is 14.2 Å². The molecule has 0 bridgehead atoms. The van der Waals surface area contributed by atoms with E-state index >= 15 is 0 Å². The molecule has 0 saturated carbocycles. The van der Waals surface area contributed by atoms with E-state index in [1.807, 2.05) is 0 Å². The molecule has 0 rings (SSSR count). The average Bonchev–Trinajstić information content (AvgIpc) is 2.23. The molecule has 2 amide bonds. The average molecular weight is 269 g/mol. The fraction of sp³-hybridized carbons (Fsp3) is 0.714. The molecule has 0 aliphatic carbocycles. The summed E-state index contributed by atoms with van der Waals surface area (Å²) < 4.78 is 10.8. The van der Waals surface area contributed by atoms with Gasteiger partial charge < -0.3 is 4.89 Å². The van der Waals surface area contributed by atoms with Crippen molar-refractivity contribution in [3.63, 3.8) is 0 Å². The van der Waals surface area contributed by atoms with Crippen molar-refractivity contribution in [1.29, 1.82) is 0 Å². The Morgan fingerprint density at radius 1 is 1.41 bits per heavy atom. The van der Waals surface area contributed by atoms with Crippen LogP contribution in [-0.4, -0.2) is 58.2 Å². The summed E-state index contributed by atoms with van der Waals surface area (Å²) >= 11 is 0. The van der Waals surface area contributed by atoms with Gasteiger partial charge in [0.05, 0.1) is 19.4 Å². The maximum atomic E-state index is 11.2. The summed E-state index contributed by atoms with van der Waals surface area (Å²) in [5.41, 5.74) is 1.35. The van der Waals surface area contributed by atoms with Gasteiger partial charge in [-0.25, -0.2) is 10.5 Å². The van der Waals surface area contributed by atoms with E-state index in [4.69, 9.17) is 15.3 Å². The zero-order chi connectivity index (χ0) is 13.5. The van der Waals surface area contributed by atoms with Gasteiger partial charge in [0.15, 0.2) is 0 Å². The zero-order valence-electron chi connectivity index (χ0n) is 9.29. The summed E-state index contributed by atoms with van der Waals surface area (Å²) in [4.78, 5) is 30.7. The second-order valence-corrected chi connectivity index (χ2v) is 5.86. The lowest BCUT2D eigenvalue weighted by Crippen LogP contribution is -2.38. The number of nitrogens with one attached hydrogen (secondary N) is 2. The van der Waals surface area contributed by atoms with Gasteiger partial charge in [-0.05, 0) is 0 Å². The zero-order valence-corrected chi connectivity index (χ0v) is 10.2. The van der Waals surface area contributed by atoms with Crippen LogP contribution in [0.25, 0.3) is 0 Å². The van der Waals surface area contributed by atoms with Crippen LogP contribution in [0.15, 0.2) is 0 Å². The molecule has 9 nitrogen and oxygen atoms in total. The van der Waals surface area contributed by atoms with E-state index in [2.05, 4.69) is 5.32 Å². The Labute approximate surface area is 97.8 Å². The third-order valence-corrected chi connectivity index (χ3v) is 2.46. The standard InChI is InChI=1S/C7H16N3O6P/c1-17(15,16)5-8-4-7(12)10(14)3-2-6(11)9-13/h8,13-14H,2-5H2,1H3,(H,9,11)(H,15,16). The van der Waals surface area contributed by atoms with Crippen molar-refractivity contribution in [2.45, 2.75) is 6.42 Å². The Balaban J connectivity index is 3.82. The summed E-state index contributed by atoms with van der Waals surface area (Å²) in [6.45, 7) is 0.526. The first kappa shape index (κ1) is 16.0. The Kier molecular flexibility index (Phi) is 6.93. The Morgan fingerprint density at radius 2 is 2.00 bits per heavy atom. The molecule has 0 aromatic rings. The van der Waals surface area contributed by atoms with Crippen LogP contribution in [0.4, 0.5) is 0 Å². The van der Waals surface area contributed by atoms with Crippen molar-refractivity contribution in [2.75, 3.05) is 26.0 Å². The second-order valence-electron chi connectivity index (χ2n) is 3.44. The van der Waals surface area contributed by atoms with Gasteiger partial charge in [-0.2, -0.15) is 0 Å². The third-order valence-electron chi connectivity index (χ3n) is 1.64. The Bertz CT molecular complexity index is 317. The summed E-state index contributed by atoms with van der Waals surface area (Å²) in [6, 6.07) is 0. The quantitative estimate of drug-likeness (QED) is 0.216. The SMILES string of the molecule is CP(=O)(O)CNCC(=O)N(O)CCC(=O)NO. The largest absolute Gasteiger partial charge is 0.344 e. The maximum Gasteiger partial charge on any atom is 0.259 e. The molecule has 17 heavy (non-hydrogen) atoms. The van der Waals surface area contributed by atoms with Crippen molar-refractivity contribution in [2.24, 2.45) is 0 Å². The molecule has 1 unspecified atom stereocenters. The van der Waals surface area contributed by atoms with Crippen LogP contribution >= 0.6 is 7.37 Å². The minimum atomic E-state index is -3.25.